The summed E-state index contributed by atoms with van der Waals surface area (Å²) < 4.78 is 5.63. The van der Waals surface area contributed by atoms with Gasteiger partial charge in [-0.1, -0.05) is 0 Å². The fraction of sp³-hybridized carbons (Fsp3) is 1.00. The number of likely N-dealkylation sites (N-methyl/N-ethyl adjacent to an activating group) is 1. The van der Waals surface area contributed by atoms with Gasteiger partial charge in [-0.15, -0.1) is 0 Å². The third-order valence-electron chi connectivity index (χ3n) is 4.15. The second-order valence-corrected chi connectivity index (χ2v) is 5.52. The number of hydrogen-bond acceptors (Lipinski definition) is 3. The molecule has 2 aliphatic carbocycles. The van der Waals surface area contributed by atoms with Crippen molar-refractivity contribution in [1.29, 1.82) is 0 Å². The molecule has 0 unspecified atom stereocenters. The van der Waals surface area contributed by atoms with Crippen molar-refractivity contribution in [3.8, 4) is 0 Å². The Morgan fingerprint density at radius 1 is 1.31 bits per heavy atom. The van der Waals surface area contributed by atoms with Gasteiger partial charge in [0.25, 0.3) is 0 Å². The van der Waals surface area contributed by atoms with E-state index in [1.54, 1.807) is 0 Å². The van der Waals surface area contributed by atoms with Gasteiger partial charge in [0.1, 0.15) is 0 Å². The smallest absolute Gasteiger partial charge is 0.0691 e. The minimum atomic E-state index is 0.234. The van der Waals surface area contributed by atoms with E-state index in [2.05, 4.69) is 17.3 Å². The first-order valence-electron chi connectivity index (χ1n) is 6.71. The highest BCUT2D eigenvalue weighted by Gasteiger charge is 2.36. The molecule has 0 aliphatic heterocycles. The molecular weight excluding hydrogens is 200 g/mol. The van der Waals surface area contributed by atoms with E-state index in [9.17, 15) is 0 Å². The van der Waals surface area contributed by atoms with Crippen LogP contribution >= 0.6 is 0 Å². The van der Waals surface area contributed by atoms with Crippen LogP contribution in [0.1, 0.15) is 38.5 Å². The fourth-order valence-electron chi connectivity index (χ4n) is 2.38. The number of ether oxygens (including phenoxy) is 1. The largest absolute Gasteiger partial charge is 0.378 e. The van der Waals surface area contributed by atoms with Gasteiger partial charge in [0.2, 0.25) is 0 Å². The highest BCUT2D eigenvalue weighted by atomic mass is 16.5. The number of nitrogens with one attached hydrogen (secondary N) is 1. The van der Waals surface area contributed by atoms with Crippen molar-refractivity contribution in [2.45, 2.75) is 50.2 Å². The summed E-state index contributed by atoms with van der Waals surface area (Å²) in [6.45, 7) is 3.47. The van der Waals surface area contributed by atoms with Crippen molar-refractivity contribution < 1.29 is 4.74 Å². The average Bonchev–Trinajstić information content (AvgIpc) is 3.01. The molecule has 2 saturated carbocycles. The molecule has 3 heteroatoms. The molecule has 2 aliphatic rings. The van der Waals surface area contributed by atoms with Gasteiger partial charge in [0, 0.05) is 32.8 Å². The summed E-state index contributed by atoms with van der Waals surface area (Å²) in [7, 11) is 4.09. The summed E-state index contributed by atoms with van der Waals surface area (Å²) in [6.07, 6.45) is 7.84. The maximum Gasteiger partial charge on any atom is 0.0691 e. The minimum absolute atomic E-state index is 0.234. The number of hydrogen-bond donors (Lipinski definition) is 1. The van der Waals surface area contributed by atoms with Gasteiger partial charge in [-0.25, -0.2) is 0 Å². The zero-order valence-corrected chi connectivity index (χ0v) is 10.8. The van der Waals surface area contributed by atoms with Gasteiger partial charge in [0.15, 0.2) is 0 Å². The first-order valence-corrected chi connectivity index (χ1v) is 6.71. The molecule has 3 nitrogen and oxygen atoms in total. The lowest BCUT2D eigenvalue weighted by Crippen LogP contribution is -2.42. The molecule has 1 N–H and O–H groups in total. The van der Waals surface area contributed by atoms with Crippen LogP contribution in [-0.4, -0.2) is 50.3 Å². The number of methoxy groups -OCH3 is 1. The standard InChI is InChI=1S/C13H26N2O/c1-15(11-9-14-12-4-5-12)10-8-13(16-2)6-3-7-13/h12,14H,3-11H2,1-2H3. The van der Waals surface area contributed by atoms with Gasteiger partial charge in [0.05, 0.1) is 5.60 Å². The van der Waals surface area contributed by atoms with Crippen molar-refractivity contribution >= 4 is 0 Å². The Morgan fingerprint density at radius 3 is 2.56 bits per heavy atom. The Labute approximate surface area is 99.5 Å². The Morgan fingerprint density at radius 2 is 2.06 bits per heavy atom. The Bertz CT molecular complexity index is 206. The summed E-state index contributed by atoms with van der Waals surface area (Å²) in [4.78, 5) is 2.43. The molecule has 0 atom stereocenters. The van der Waals surface area contributed by atoms with Crippen LogP contribution in [0.25, 0.3) is 0 Å². The predicted octanol–water partition coefficient (Wildman–Crippen LogP) is 1.63. The van der Waals surface area contributed by atoms with Crippen LogP contribution in [-0.2, 0) is 4.74 Å². The normalized spacial score (nSPS) is 23.4. The summed E-state index contributed by atoms with van der Waals surface area (Å²) in [5.41, 5.74) is 0.234. The van der Waals surface area contributed by atoms with Crippen LogP contribution in [0.15, 0.2) is 0 Å². The zero-order chi connectivity index (χ0) is 11.4. The maximum atomic E-state index is 5.63. The summed E-state index contributed by atoms with van der Waals surface area (Å²) in [6, 6.07) is 0.838. The van der Waals surface area contributed by atoms with Crippen molar-refractivity contribution in [3.05, 3.63) is 0 Å². The van der Waals surface area contributed by atoms with E-state index >= 15 is 0 Å². The lowest BCUT2D eigenvalue weighted by Gasteiger charge is -2.41. The average molecular weight is 226 g/mol. The lowest BCUT2D eigenvalue weighted by molar-refractivity contribution is -0.0810. The van der Waals surface area contributed by atoms with E-state index in [4.69, 9.17) is 4.74 Å². The van der Waals surface area contributed by atoms with E-state index in [0.29, 0.717) is 0 Å². The topological polar surface area (TPSA) is 24.5 Å². The molecule has 2 rings (SSSR count). The molecule has 0 spiro atoms. The van der Waals surface area contributed by atoms with Gasteiger partial charge >= 0.3 is 0 Å². The van der Waals surface area contributed by atoms with E-state index in [1.807, 2.05) is 7.11 Å². The van der Waals surface area contributed by atoms with E-state index in [1.165, 1.54) is 45.1 Å². The third kappa shape index (κ3) is 3.44. The lowest BCUT2D eigenvalue weighted by atomic mass is 9.77. The van der Waals surface area contributed by atoms with E-state index < -0.39 is 0 Å². The molecule has 0 aromatic heterocycles. The molecule has 0 saturated heterocycles. The SMILES string of the molecule is COC1(CCN(C)CCNC2CC2)CCC1. The Hall–Kier alpha value is -0.120. The molecule has 16 heavy (non-hydrogen) atoms. The molecular formula is C13H26N2O. The molecule has 2 fully saturated rings. The van der Waals surface area contributed by atoms with Gasteiger partial charge in [-0.2, -0.15) is 0 Å². The van der Waals surface area contributed by atoms with Gasteiger partial charge < -0.3 is 15.0 Å². The van der Waals surface area contributed by atoms with Crippen LogP contribution in [0.2, 0.25) is 0 Å². The molecule has 0 aromatic rings. The van der Waals surface area contributed by atoms with E-state index in [0.717, 1.165) is 19.1 Å². The summed E-state index contributed by atoms with van der Waals surface area (Å²) in [5.74, 6) is 0. The molecule has 0 amide bonds. The Kier molecular flexibility index (Phi) is 4.22. The summed E-state index contributed by atoms with van der Waals surface area (Å²) >= 11 is 0. The second kappa shape index (κ2) is 5.48. The molecule has 0 aromatic carbocycles. The van der Waals surface area contributed by atoms with Crippen LogP contribution < -0.4 is 5.32 Å². The monoisotopic (exact) mass is 226 g/mol. The third-order valence-corrected chi connectivity index (χ3v) is 4.15. The van der Waals surface area contributed by atoms with Crippen molar-refractivity contribution in [2.75, 3.05) is 33.8 Å². The first kappa shape index (κ1) is 12.3. The van der Waals surface area contributed by atoms with Crippen molar-refractivity contribution in [3.63, 3.8) is 0 Å². The molecule has 0 bridgehead atoms. The highest BCUT2D eigenvalue weighted by molar-refractivity contribution is 4.90. The molecule has 94 valence electrons. The van der Waals surface area contributed by atoms with Crippen molar-refractivity contribution in [1.82, 2.24) is 10.2 Å². The molecule has 0 heterocycles. The minimum Gasteiger partial charge on any atom is -0.378 e. The maximum absolute atomic E-state index is 5.63. The predicted molar refractivity (Wildman–Crippen MR) is 66.7 cm³/mol. The van der Waals surface area contributed by atoms with Gasteiger partial charge in [-0.05, 0) is 45.6 Å². The van der Waals surface area contributed by atoms with Crippen LogP contribution in [0.5, 0.6) is 0 Å². The van der Waals surface area contributed by atoms with Crippen LogP contribution in [0, 0.1) is 0 Å². The quantitative estimate of drug-likeness (QED) is 0.681. The second-order valence-electron chi connectivity index (χ2n) is 5.52. The molecule has 0 radical (unpaired) electrons. The zero-order valence-electron chi connectivity index (χ0n) is 10.8. The Balaban J connectivity index is 1.53. The van der Waals surface area contributed by atoms with Crippen molar-refractivity contribution in [2.24, 2.45) is 0 Å². The highest BCUT2D eigenvalue weighted by Crippen LogP contribution is 2.37. The number of nitrogens with zero attached hydrogens (tertiary/aromatic N) is 1. The number of rotatable bonds is 8. The fourth-order valence-corrected chi connectivity index (χ4v) is 2.38. The first-order chi connectivity index (χ1) is 7.74. The van der Waals surface area contributed by atoms with Crippen LogP contribution in [0.3, 0.4) is 0 Å². The van der Waals surface area contributed by atoms with E-state index in [-0.39, 0.29) is 5.60 Å². The van der Waals surface area contributed by atoms with Gasteiger partial charge in [-0.3, -0.25) is 0 Å². The van der Waals surface area contributed by atoms with Crippen LogP contribution in [0.4, 0.5) is 0 Å². The summed E-state index contributed by atoms with van der Waals surface area (Å²) in [5, 5.41) is 3.55.